The molecule has 3 nitrogen and oxygen atoms in total. The standard InChI is InChI=1S/C15H23N3/c1-6-17-13(4)9-15(14(17)5)10-16-18-11(2)7-8-12(18)3/h7-9,16H,6,10H2,1-5H3. The van der Waals surface area contributed by atoms with Crippen LogP contribution in [0.4, 0.5) is 0 Å². The molecular weight excluding hydrogens is 222 g/mol. The summed E-state index contributed by atoms with van der Waals surface area (Å²) < 4.78 is 4.50. The van der Waals surface area contributed by atoms with Gasteiger partial charge in [-0.2, -0.15) is 0 Å². The number of hydrogen-bond acceptors (Lipinski definition) is 1. The second kappa shape index (κ2) is 4.92. The first kappa shape index (κ1) is 12.8. The predicted molar refractivity (Wildman–Crippen MR) is 76.6 cm³/mol. The summed E-state index contributed by atoms with van der Waals surface area (Å²) in [6, 6.07) is 6.55. The number of hydrogen-bond donors (Lipinski definition) is 1. The lowest BCUT2D eigenvalue weighted by molar-refractivity contribution is 0.711. The lowest BCUT2D eigenvalue weighted by Crippen LogP contribution is -2.17. The zero-order valence-electron chi connectivity index (χ0n) is 12.0. The Morgan fingerprint density at radius 1 is 1.00 bits per heavy atom. The third-order valence-electron chi connectivity index (χ3n) is 3.69. The van der Waals surface area contributed by atoms with Crippen LogP contribution in [0.1, 0.15) is 35.3 Å². The van der Waals surface area contributed by atoms with Gasteiger partial charge < -0.3 is 9.99 Å². The van der Waals surface area contributed by atoms with Gasteiger partial charge in [0.05, 0.1) is 6.54 Å². The average molecular weight is 245 g/mol. The molecule has 0 amide bonds. The highest BCUT2D eigenvalue weighted by Crippen LogP contribution is 2.15. The van der Waals surface area contributed by atoms with Gasteiger partial charge in [-0.3, -0.25) is 4.68 Å². The van der Waals surface area contributed by atoms with E-state index in [4.69, 9.17) is 0 Å². The number of aryl methyl sites for hydroxylation is 3. The van der Waals surface area contributed by atoms with E-state index in [1.54, 1.807) is 0 Å². The molecule has 0 aliphatic carbocycles. The third kappa shape index (κ3) is 2.17. The quantitative estimate of drug-likeness (QED) is 0.877. The van der Waals surface area contributed by atoms with E-state index < -0.39 is 0 Å². The van der Waals surface area contributed by atoms with Gasteiger partial charge in [0.15, 0.2) is 0 Å². The van der Waals surface area contributed by atoms with Crippen LogP contribution in [0.2, 0.25) is 0 Å². The van der Waals surface area contributed by atoms with Crippen molar-refractivity contribution in [2.75, 3.05) is 5.43 Å². The van der Waals surface area contributed by atoms with Gasteiger partial charge in [-0.15, -0.1) is 0 Å². The summed E-state index contributed by atoms with van der Waals surface area (Å²) in [5.41, 5.74) is 10.1. The van der Waals surface area contributed by atoms with Gasteiger partial charge >= 0.3 is 0 Å². The van der Waals surface area contributed by atoms with Crippen LogP contribution in [0.3, 0.4) is 0 Å². The maximum absolute atomic E-state index is 3.49. The van der Waals surface area contributed by atoms with Gasteiger partial charge in [0.2, 0.25) is 0 Å². The molecule has 0 fully saturated rings. The Bertz CT molecular complexity index is 527. The zero-order valence-corrected chi connectivity index (χ0v) is 12.0. The molecule has 0 saturated heterocycles. The van der Waals surface area contributed by atoms with E-state index >= 15 is 0 Å². The van der Waals surface area contributed by atoms with Crippen molar-refractivity contribution >= 4 is 0 Å². The summed E-state index contributed by atoms with van der Waals surface area (Å²) >= 11 is 0. The van der Waals surface area contributed by atoms with Crippen LogP contribution in [-0.4, -0.2) is 9.24 Å². The van der Waals surface area contributed by atoms with Gasteiger partial charge in [0.1, 0.15) is 0 Å². The molecule has 2 aromatic heterocycles. The van der Waals surface area contributed by atoms with E-state index in [9.17, 15) is 0 Å². The minimum absolute atomic E-state index is 0.871. The van der Waals surface area contributed by atoms with E-state index in [0.717, 1.165) is 13.1 Å². The monoisotopic (exact) mass is 245 g/mol. The Labute approximate surface area is 109 Å². The van der Waals surface area contributed by atoms with Crippen LogP contribution >= 0.6 is 0 Å². The SMILES string of the molecule is CCn1c(C)cc(CNn2c(C)ccc2C)c1C. The van der Waals surface area contributed by atoms with Crippen molar-refractivity contribution in [3.05, 3.63) is 46.5 Å². The fraction of sp³-hybridized carbons (Fsp3) is 0.467. The van der Waals surface area contributed by atoms with Gasteiger partial charge in [-0.05, 0) is 58.4 Å². The fourth-order valence-corrected chi connectivity index (χ4v) is 2.62. The van der Waals surface area contributed by atoms with Crippen molar-refractivity contribution in [3.63, 3.8) is 0 Å². The molecule has 2 rings (SSSR count). The first-order chi connectivity index (χ1) is 8.54. The highest BCUT2D eigenvalue weighted by molar-refractivity contribution is 5.28. The van der Waals surface area contributed by atoms with Gasteiger partial charge in [-0.1, -0.05) is 0 Å². The van der Waals surface area contributed by atoms with Gasteiger partial charge in [-0.25, -0.2) is 0 Å². The van der Waals surface area contributed by atoms with Gasteiger partial charge in [0.25, 0.3) is 0 Å². The molecule has 98 valence electrons. The summed E-state index contributed by atoms with van der Waals surface area (Å²) in [7, 11) is 0. The second-order valence-corrected chi connectivity index (χ2v) is 4.93. The van der Waals surface area contributed by atoms with Crippen LogP contribution in [0, 0.1) is 27.7 Å². The van der Waals surface area contributed by atoms with E-state index in [2.05, 4.69) is 67.5 Å². The zero-order chi connectivity index (χ0) is 13.3. The summed E-state index contributed by atoms with van der Waals surface area (Å²) in [4.78, 5) is 0. The normalized spacial score (nSPS) is 10.9. The molecule has 0 saturated carbocycles. The molecule has 0 radical (unpaired) electrons. The Hall–Kier alpha value is -1.64. The Morgan fingerprint density at radius 2 is 1.61 bits per heavy atom. The minimum Gasteiger partial charge on any atom is -0.349 e. The number of nitrogens with one attached hydrogen (secondary N) is 1. The van der Waals surface area contributed by atoms with Crippen LogP contribution in [0.25, 0.3) is 0 Å². The van der Waals surface area contributed by atoms with Crippen LogP contribution in [-0.2, 0) is 13.1 Å². The number of rotatable bonds is 4. The first-order valence-electron chi connectivity index (χ1n) is 6.59. The molecule has 3 heteroatoms. The van der Waals surface area contributed by atoms with Crippen molar-refractivity contribution in [2.45, 2.75) is 47.7 Å². The molecule has 2 heterocycles. The van der Waals surface area contributed by atoms with Crippen LogP contribution < -0.4 is 5.43 Å². The van der Waals surface area contributed by atoms with E-state index in [1.165, 1.54) is 28.3 Å². The van der Waals surface area contributed by atoms with E-state index in [-0.39, 0.29) is 0 Å². The highest BCUT2D eigenvalue weighted by Gasteiger charge is 2.08. The number of aromatic nitrogens is 2. The molecule has 0 aromatic carbocycles. The summed E-state index contributed by atoms with van der Waals surface area (Å²) in [6.45, 7) is 12.7. The summed E-state index contributed by atoms with van der Waals surface area (Å²) in [5, 5.41) is 0. The first-order valence-corrected chi connectivity index (χ1v) is 6.59. The van der Waals surface area contributed by atoms with E-state index in [0.29, 0.717) is 0 Å². The lowest BCUT2D eigenvalue weighted by atomic mass is 10.2. The molecular formula is C15H23N3. The largest absolute Gasteiger partial charge is 0.349 e. The molecule has 0 atom stereocenters. The van der Waals surface area contributed by atoms with Crippen LogP contribution in [0.15, 0.2) is 18.2 Å². The Morgan fingerprint density at radius 3 is 2.11 bits per heavy atom. The molecule has 0 aliphatic rings. The van der Waals surface area contributed by atoms with Gasteiger partial charge in [0, 0.05) is 29.3 Å². The highest BCUT2D eigenvalue weighted by atomic mass is 15.4. The molecule has 2 aromatic rings. The van der Waals surface area contributed by atoms with Crippen molar-refractivity contribution < 1.29 is 0 Å². The molecule has 0 spiro atoms. The fourth-order valence-electron chi connectivity index (χ4n) is 2.62. The number of nitrogens with zero attached hydrogens (tertiary/aromatic N) is 2. The molecule has 0 bridgehead atoms. The summed E-state index contributed by atoms with van der Waals surface area (Å²) in [5.74, 6) is 0. The lowest BCUT2D eigenvalue weighted by Gasteiger charge is -2.13. The Balaban J connectivity index is 2.16. The summed E-state index contributed by atoms with van der Waals surface area (Å²) in [6.07, 6.45) is 0. The van der Waals surface area contributed by atoms with Crippen molar-refractivity contribution in [3.8, 4) is 0 Å². The molecule has 1 N–H and O–H groups in total. The van der Waals surface area contributed by atoms with E-state index in [1.807, 2.05) is 0 Å². The minimum atomic E-state index is 0.871. The predicted octanol–water partition coefficient (Wildman–Crippen LogP) is 3.29. The Kier molecular flexibility index (Phi) is 3.50. The van der Waals surface area contributed by atoms with Crippen LogP contribution in [0.5, 0.6) is 0 Å². The molecule has 0 aliphatic heterocycles. The maximum Gasteiger partial charge on any atom is 0.0582 e. The molecule has 18 heavy (non-hydrogen) atoms. The topological polar surface area (TPSA) is 21.9 Å². The maximum atomic E-state index is 3.49. The smallest absolute Gasteiger partial charge is 0.0582 e. The molecule has 0 unspecified atom stereocenters. The third-order valence-corrected chi connectivity index (χ3v) is 3.69. The van der Waals surface area contributed by atoms with Crippen molar-refractivity contribution in [2.24, 2.45) is 0 Å². The second-order valence-electron chi connectivity index (χ2n) is 4.93. The van der Waals surface area contributed by atoms with Crippen molar-refractivity contribution in [1.29, 1.82) is 0 Å². The van der Waals surface area contributed by atoms with Crippen molar-refractivity contribution in [1.82, 2.24) is 9.24 Å². The average Bonchev–Trinajstić information content (AvgIpc) is 2.78.